The summed E-state index contributed by atoms with van der Waals surface area (Å²) in [6, 6.07) is 12.7. The predicted molar refractivity (Wildman–Crippen MR) is 88.3 cm³/mol. The molecule has 0 aliphatic carbocycles. The number of benzene rings is 2. The number of rotatable bonds is 5. The third kappa shape index (κ3) is 3.66. The standard InChI is InChI=1S/C16H12Cl2OS/c17-13-6-7-15(18)14(9-13)16(19)8-5-11-3-1-2-4-12(11)10-20/h1-4,6-7,9-10H,5,8H2. The molecule has 0 spiro atoms. The van der Waals surface area contributed by atoms with Crippen LogP contribution in [0.3, 0.4) is 0 Å². The zero-order valence-corrected chi connectivity index (χ0v) is 12.9. The molecule has 0 radical (unpaired) electrons. The molecule has 4 heteroatoms. The number of carbonyl (C=O) groups excluding carboxylic acids is 1. The number of hydrogen-bond donors (Lipinski definition) is 0. The molecule has 0 unspecified atom stereocenters. The molecule has 0 saturated carbocycles. The van der Waals surface area contributed by atoms with Crippen molar-refractivity contribution in [2.75, 3.05) is 0 Å². The number of hydrogen-bond acceptors (Lipinski definition) is 2. The minimum Gasteiger partial charge on any atom is -0.294 e. The van der Waals surface area contributed by atoms with Crippen LogP contribution in [0, 0.1) is 0 Å². The largest absolute Gasteiger partial charge is 0.294 e. The fourth-order valence-electron chi connectivity index (χ4n) is 1.97. The van der Waals surface area contributed by atoms with Gasteiger partial charge in [0.1, 0.15) is 0 Å². The Balaban J connectivity index is 2.12. The van der Waals surface area contributed by atoms with E-state index in [2.05, 4.69) is 0 Å². The molecule has 0 amide bonds. The summed E-state index contributed by atoms with van der Waals surface area (Å²) in [6.45, 7) is 0. The van der Waals surface area contributed by atoms with Gasteiger partial charge < -0.3 is 0 Å². The smallest absolute Gasteiger partial charge is 0.164 e. The van der Waals surface area contributed by atoms with E-state index in [4.69, 9.17) is 35.4 Å². The third-order valence-electron chi connectivity index (χ3n) is 3.03. The van der Waals surface area contributed by atoms with Crippen LogP contribution in [0.25, 0.3) is 0 Å². The van der Waals surface area contributed by atoms with Gasteiger partial charge in [-0.25, -0.2) is 0 Å². The highest BCUT2D eigenvalue weighted by molar-refractivity contribution is 7.79. The van der Waals surface area contributed by atoms with Crippen molar-refractivity contribution in [1.82, 2.24) is 0 Å². The first kappa shape index (κ1) is 15.2. The average Bonchev–Trinajstić information content (AvgIpc) is 2.47. The second kappa shape index (κ2) is 6.98. The summed E-state index contributed by atoms with van der Waals surface area (Å²) >= 11 is 16.9. The third-order valence-corrected chi connectivity index (χ3v) is 3.85. The zero-order valence-electron chi connectivity index (χ0n) is 10.6. The lowest BCUT2D eigenvalue weighted by molar-refractivity contribution is 0.0983. The van der Waals surface area contributed by atoms with Crippen molar-refractivity contribution in [3.05, 3.63) is 69.2 Å². The van der Waals surface area contributed by atoms with Crippen LogP contribution >= 0.6 is 35.4 Å². The molecular formula is C16H12Cl2OS. The monoisotopic (exact) mass is 322 g/mol. The molecule has 2 aromatic carbocycles. The van der Waals surface area contributed by atoms with Gasteiger partial charge in [-0.1, -0.05) is 59.7 Å². The molecule has 0 aliphatic rings. The summed E-state index contributed by atoms with van der Waals surface area (Å²) < 4.78 is 0. The van der Waals surface area contributed by atoms with E-state index >= 15 is 0 Å². The maximum absolute atomic E-state index is 12.2. The highest BCUT2D eigenvalue weighted by Crippen LogP contribution is 2.22. The number of thiocarbonyl (C=S) groups is 1. The van der Waals surface area contributed by atoms with E-state index in [1.807, 2.05) is 24.3 Å². The topological polar surface area (TPSA) is 17.1 Å². The van der Waals surface area contributed by atoms with E-state index in [0.29, 0.717) is 28.5 Å². The molecule has 0 atom stereocenters. The molecule has 0 heterocycles. The van der Waals surface area contributed by atoms with Crippen molar-refractivity contribution >= 4 is 46.6 Å². The normalized spacial score (nSPS) is 10.3. The van der Waals surface area contributed by atoms with E-state index in [9.17, 15) is 4.79 Å². The molecule has 20 heavy (non-hydrogen) atoms. The van der Waals surface area contributed by atoms with Crippen LogP contribution in [0.1, 0.15) is 27.9 Å². The van der Waals surface area contributed by atoms with Gasteiger partial charge in [0.05, 0.1) is 5.02 Å². The SMILES string of the molecule is O=C(CCc1ccccc1C=S)c1cc(Cl)ccc1Cl. The lowest BCUT2D eigenvalue weighted by Crippen LogP contribution is -2.03. The van der Waals surface area contributed by atoms with E-state index in [1.54, 1.807) is 23.6 Å². The minimum absolute atomic E-state index is 0.0170. The van der Waals surface area contributed by atoms with Crippen molar-refractivity contribution in [2.45, 2.75) is 12.8 Å². The number of carbonyl (C=O) groups is 1. The summed E-state index contributed by atoms with van der Waals surface area (Å²) in [7, 11) is 0. The van der Waals surface area contributed by atoms with Crippen LogP contribution in [0.4, 0.5) is 0 Å². The highest BCUT2D eigenvalue weighted by atomic mass is 35.5. The maximum Gasteiger partial charge on any atom is 0.164 e. The highest BCUT2D eigenvalue weighted by Gasteiger charge is 2.12. The Morgan fingerprint density at radius 3 is 2.65 bits per heavy atom. The van der Waals surface area contributed by atoms with Gasteiger partial charge in [-0.3, -0.25) is 4.79 Å². The second-order valence-electron chi connectivity index (χ2n) is 4.36. The number of aryl methyl sites for hydroxylation is 1. The Labute approximate surface area is 133 Å². The van der Waals surface area contributed by atoms with Crippen molar-refractivity contribution in [1.29, 1.82) is 0 Å². The van der Waals surface area contributed by atoms with Crippen LogP contribution in [-0.2, 0) is 6.42 Å². The summed E-state index contributed by atoms with van der Waals surface area (Å²) in [6.07, 6.45) is 1.01. The second-order valence-corrected chi connectivity index (χ2v) is 5.44. The van der Waals surface area contributed by atoms with Gasteiger partial charge in [0, 0.05) is 22.4 Å². The predicted octanol–water partition coefficient (Wildman–Crippen LogP) is 5.16. The first-order chi connectivity index (χ1) is 9.61. The van der Waals surface area contributed by atoms with E-state index in [0.717, 1.165) is 11.1 Å². The summed E-state index contributed by atoms with van der Waals surface area (Å²) in [4.78, 5) is 12.2. The Morgan fingerprint density at radius 1 is 1.15 bits per heavy atom. The van der Waals surface area contributed by atoms with Crippen molar-refractivity contribution in [3.8, 4) is 0 Å². The van der Waals surface area contributed by atoms with E-state index < -0.39 is 0 Å². The molecule has 2 aromatic rings. The molecule has 0 aliphatic heterocycles. The van der Waals surface area contributed by atoms with Gasteiger partial charge in [-0.2, -0.15) is 0 Å². The number of Topliss-reactive ketones (excluding diaryl/α,β-unsaturated/α-hetero) is 1. The van der Waals surface area contributed by atoms with E-state index in [-0.39, 0.29) is 5.78 Å². The van der Waals surface area contributed by atoms with Crippen LogP contribution in [0.5, 0.6) is 0 Å². The molecule has 2 rings (SSSR count). The molecule has 102 valence electrons. The molecule has 0 bridgehead atoms. The molecular weight excluding hydrogens is 311 g/mol. The Bertz CT molecular complexity index is 653. The van der Waals surface area contributed by atoms with Crippen molar-refractivity contribution < 1.29 is 4.79 Å². The Hall–Kier alpha value is -1.22. The fraction of sp³-hybridized carbons (Fsp3) is 0.125. The lowest BCUT2D eigenvalue weighted by atomic mass is 10.00. The average molecular weight is 323 g/mol. The van der Waals surface area contributed by atoms with Gasteiger partial charge in [-0.05, 0) is 35.7 Å². The van der Waals surface area contributed by atoms with Gasteiger partial charge in [0.15, 0.2) is 5.78 Å². The Kier molecular flexibility index (Phi) is 5.30. The van der Waals surface area contributed by atoms with Gasteiger partial charge in [0.2, 0.25) is 0 Å². The molecule has 0 N–H and O–H groups in total. The van der Waals surface area contributed by atoms with Gasteiger partial charge >= 0.3 is 0 Å². The summed E-state index contributed by atoms with van der Waals surface area (Å²) in [5.41, 5.74) is 2.51. The summed E-state index contributed by atoms with van der Waals surface area (Å²) in [5.74, 6) is -0.0170. The Morgan fingerprint density at radius 2 is 1.90 bits per heavy atom. The lowest BCUT2D eigenvalue weighted by Gasteiger charge is -2.06. The van der Waals surface area contributed by atoms with Crippen LogP contribution in [-0.4, -0.2) is 11.2 Å². The minimum atomic E-state index is -0.0170. The quantitative estimate of drug-likeness (QED) is 0.559. The maximum atomic E-state index is 12.2. The first-order valence-electron chi connectivity index (χ1n) is 6.13. The molecule has 0 saturated heterocycles. The van der Waals surface area contributed by atoms with E-state index in [1.165, 1.54) is 0 Å². The van der Waals surface area contributed by atoms with Crippen molar-refractivity contribution in [3.63, 3.8) is 0 Å². The van der Waals surface area contributed by atoms with Gasteiger partial charge in [-0.15, -0.1) is 0 Å². The molecule has 0 fully saturated rings. The van der Waals surface area contributed by atoms with Crippen LogP contribution in [0.15, 0.2) is 42.5 Å². The van der Waals surface area contributed by atoms with Gasteiger partial charge in [0.25, 0.3) is 0 Å². The number of ketones is 1. The molecule has 0 aromatic heterocycles. The fourth-order valence-corrected chi connectivity index (χ4v) is 2.60. The van der Waals surface area contributed by atoms with Crippen LogP contribution in [0.2, 0.25) is 10.0 Å². The van der Waals surface area contributed by atoms with Crippen molar-refractivity contribution in [2.24, 2.45) is 0 Å². The summed E-state index contributed by atoms with van der Waals surface area (Å²) in [5, 5.41) is 2.58. The first-order valence-corrected chi connectivity index (χ1v) is 7.36. The number of halogens is 2. The van der Waals surface area contributed by atoms with Crippen LogP contribution < -0.4 is 0 Å². The zero-order chi connectivity index (χ0) is 14.5. The molecule has 1 nitrogen and oxygen atoms in total.